The Morgan fingerprint density at radius 1 is 1.29 bits per heavy atom. The van der Waals surface area contributed by atoms with E-state index in [1.165, 1.54) is 11.8 Å². The first-order valence-electron chi connectivity index (χ1n) is 10.2. The van der Waals surface area contributed by atoms with E-state index in [1.807, 2.05) is 44.7 Å². The van der Waals surface area contributed by atoms with Crippen molar-refractivity contribution in [3.05, 3.63) is 21.9 Å². The highest BCUT2D eigenvalue weighted by molar-refractivity contribution is 9.10. The van der Waals surface area contributed by atoms with Crippen LogP contribution in [-0.4, -0.2) is 55.9 Å². The molecule has 1 saturated heterocycles. The van der Waals surface area contributed by atoms with Gasteiger partial charge in [-0.05, 0) is 74.4 Å². The number of ether oxygens (including phenoxy) is 1. The van der Waals surface area contributed by atoms with Crippen LogP contribution < -0.4 is 0 Å². The van der Waals surface area contributed by atoms with Gasteiger partial charge in [0.1, 0.15) is 27.2 Å². The zero-order valence-electron chi connectivity index (χ0n) is 18.2. The number of fused-ring (bicyclic) bond motifs is 3. The molecule has 4 rings (SSSR count). The normalized spacial score (nSPS) is 15.8. The summed E-state index contributed by atoms with van der Waals surface area (Å²) in [6.45, 7) is 8.58. The van der Waals surface area contributed by atoms with Gasteiger partial charge < -0.3 is 9.64 Å². The molecule has 0 spiro atoms. The second-order valence-electron chi connectivity index (χ2n) is 8.77. The molecule has 1 amide bonds. The van der Waals surface area contributed by atoms with Crippen molar-refractivity contribution in [1.29, 1.82) is 0 Å². The molecule has 0 atom stereocenters. The number of amides is 1. The minimum absolute atomic E-state index is 0.0519. The molecule has 0 aliphatic carbocycles. The Morgan fingerprint density at radius 2 is 1.97 bits per heavy atom. The molecule has 1 aliphatic rings. The number of carbonyl (C=O) groups is 1. The molecule has 3 aromatic rings. The van der Waals surface area contributed by atoms with Crippen LogP contribution in [-0.2, 0) is 4.74 Å². The van der Waals surface area contributed by atoms with Gasteiger partial charge in [0.2, 0.25) is 0 Å². The van der Waals surface area contributed by atoms with Crippen molar-refractivity contribution < 1.29 is 13.9 Å². The molecule has 0 N–H and O–H groups in total. The summed E-state index contributed by atoms with van der Waals surface area (Å²) in [5.41, 5.74) is 2.05. The maximum absolute atomic E-state index is 15.0. The molecule has 0 bridgehead atoms. The standard InChI is InChI=1S/C21H25BrFN5O2S/c1-11-10-13-16(15(23)14(11)22)24-19(31-5)17-18(13)28(26-25-17)12-6-8-27(9-7-12)20(29)30-21(2,3)4/h10,12H,6-9H2,1-5H3. The van der Waals surface area contributed by atoms with Crippen LogP contribution in [0.4, 0.5) is 9.18 Å². The fourth-order valence-electron chi connectivity index (χ4n) is 3.89. The first-order valence-corrected chi connectivity index (χ1v) is 12.2. The molecule has 3 heterocycles. The van der Waals surface area contributed by atoms with Gasteiger partial charge in [-0.3, -0.25) is 0 Å². The molecule has 7 nitrogen and oxygen atoms in total. The molecule has 1 aliphatic heterocycles. The Balaban J connectivity index is 1.72. The Hall–Kier alpha value is -1.94. The van der Waals surface area contributed by atoms with Gasteiger partial charge in [-0.1, -0.05) is 5.21 Å². The number of hydrogen-bond acceptors (Lipinski definition) is 6. The molecule has 10 heteroatoms. The SMILES string of the molecule is CSc1nc2c(F)c(Br)c(C)cc2c2c1nnn2C1CCN(C(=O)OC(C)(C)C)CC1. The van der Waals surface area contributed by atoms with Gasteiger partial charge >= 0.3 is 6.09 Å². The predicted octanol–water partition coefficient (Wildman–Crippen LogP) is 5.48. The van der Waals surface area contributed by atoms with Gasteiger partial charge in [0.05, 0.1) is 10.5 Å². The summed E-state index contributed by atoms with van der Waals surface area (Å²) >= 11 is 4.75. The van der Waals surface area contributed by atoms with E-state index < -0.39 is 5.60 Å². The minimum Gasteiger partial charge on any atom is -0.444 e. The number of carbonyl (C=O) groups excluding carboxylic acids is 1. The van der Waals surface area contributed by atoms with E-state index in [-0.39, 0.29) is 18.0 Å². The van der Waals surface area contributed by atoms with E-state index in [1.54, 1.807) is 4.90 Å². The zero-order valence-corrected chi connectivity index (χ0v) is 20.6. The third kappa shape index (κ3) is 4.11. The van der Waals surface area contributed by atoms with Crippen LogP contribution in [0.1, 0.15) is 45.2 Å². The quantitative estimate of drug-likeness (QED) is 0.425. The molecular weight excluding hydrogens is 485 g/mol. The second-order valence-corrected chi connectivity index (χ2v) is 10.4. The van der Waals surface area contributed by atoms with Crippen LogP contribution in [0.5, 0.6) is 0 Å². The fourth-order valence-corrected chi connectivity index (χ4v) is 4.71. The van der Waals surface area contributed by atoms with Gasteiger partial charge in [-0.15, -0.1) is 16.9 Å². The molecule has 2 aromatic heterocycles. The lowest BCUT2D eigenvalue weighted by Crippen LogP contribution is -2.42. The number of piperidine rings is 1. The number of likely N-dealkylation sites (tertiary alicyclic amines) is 1. The highest BCUT2D eigenvalue weighted by Gasteiger charge is 2.30. The molecule has 0 unspecified atom stereocenters. The monoisotopic (exact) mass is 509 g/mol. The maximum atomic E-state index is 15.0. The van der Waals surface area contributed by atoms with Gasteiger partial charge in [-0.25, -0.2) is 18.9 Å². The average molecular weight is 510 g/mol. The van der Waals surface area contributed by atoms with Crippen molar-refractivity contribution >= 4 is 55.7 Å². The topological polar surface area (TPSA) is 73.1 Å². The summed E-state index contributed by atoms with van der Waals surface area (Å²) in [5.74, 6) is -0.375. The van der Waals surface area contributed by atoms with E-state index in [0.717, 1.165) is 11.1 Å². The number of thioether (sulfide) groups is 1. The zero-order chi connectivity index (χ0) is 22.5. The van der Waals surface area contributed by atoms with E-state index >= 15 is 4.39 Å². The van der Waals surface area contributed by atoms with Crippen LogP contribution in [0, 0.1) is 12.7 Å². The Labute approximate surface area is 192 Å². The molecule has 1 fully saturated rings. The molecule has 166 valence electrons. The van der Waals surface area contributed by atoms with Crippen LogP contribution in [0.25, 0.3) is 21.9 Å². The number of halogens is 2. The number of nitrogens with zero attached hydrogens (tertiary/aromatic N) is 5. The summed E-state index contributed by atoms with van der Waals surface area (Å²) in [4.78, 5) is 18.7. The second kappa shape index (κ2) is 8.20. The summed E-state index contributed by atoms with van der Waals surface area (Å²) in [7, 11) is 0. The number of hydrogen-bond donors (Lipinski definition) is 0. The van der Waals surface area contributed by atoms with Crippen LogP contribution in [0.3, 0.4) is 0 Å². The fraction of sp³-hybridized carbons (Fsp3) is 0.524. The van der Waals surface area contributed by atoms with E-state index in [2.05, 4.69) is 31.2 Å². The summed E-state index contributed by atoms with van der Waals surface area (Å²) in [6.07, 6.45) is 3.03. The average Bonchev–Trinajstić information content (AvgIpc) is 3.16. The predicted molar refractivity (Wildman–Crippen MR) is 123 cm³/mol. The van der Waals surface area contributed by atoms with Gasteiger partial charge in [0.25, 0.3) is 0 Å². The van der Waals surface area contributed by atoms with Crippen molar-refractivity contribution in [3.8, 4) is 0 Å². The van der Waals surface area contributed by atoms with Crippen molar-refractivity contribution in [2.24, 2.45) is 0 Å². The van der Waals surface area contributed by atoms with E-state index in [9.17, 15) is 4.79 Å². The van der Waals surface area contributed by atoms with Crippen molar-refractivity contribution in [2.75, 3.05) is 19.3 Å². The van der Waals surface area contributed by atoms with Gasteiger partial charge in [-0.2, -0.15) is 0 Å². The van der Waals surface area contributed by atoms with Gasteiger partial charge in [0, 0.05) is 18.5 Å². The molecule has 31 heavy (non-hydrogen) atoms. The van der Waals surface area contributed by atoms with E-state index in [4.69, 9.17) is 4.74 Å². The molecular formula is C21H25BrFN5O2S. The van der Waals surface area contributed by atoms with Crippen LogP contribution in [0.15, 0.2) is 15.6 Å². The Morgan fingerprint density at radius 3 is 2.58 bits per heavy atom. The highest BCUT2D eigenvalue weighted by atomic mass is 79.9. The first kappa shape index (κ1) is 22.3. The van der Waals surface area contributed by atoms with Crippen molar-refractivity contribution in [2.45, 2.75) is 57.2 Å². The van der Waals surface area contributed by atoms with Crippen molar-refractivity contribution in [3.63, 3.8) is 0 Å². The summed E-state index contributed by atoms with van der Waals surface area (Å²) in [5, 5.41) is 10.2. The number of rotatable bonds is 2. The van der Waals surface area contributed by atoms with Gasteiger partial charge in [0.15, 0.2) is 5.82 Å². The molecule has 0 saturated carbocycles. The summed E-state index contributed by atoms with van der Waals surface area (Å²) < 4.78 is 22.8. The number of aryl methyl sites for hydroxylation is 1. The third-order valence-corrected chi connectivity index (χ3v) is 7.03. The highest BCUT2D eigenvalue weighted by Crippen LogP contribution is 2.37. The maximum Gasteiger partial charge on any atom is 0.410 e. The van der Waals surface area contributed by atoms with Crippen molar-refractivity contribution in [1.82, 2.24) is 24.9 Å². The Kier molecular flexibility index (Phi) is 5.89. The van der Waals surface area contributed by atoms with Crippen LogP contribution in [0.2, 0.25) is 0 Å². The lowest BCUT2D eigenvalue weighted by atomic mass is 10.0. The summed E-state index contributed by atoms with van der Waals surface area (Å²) in [6, 6.07) is 1.98. The van der Waals surface area contributed by atoms with Crippen LogP contribution >= 0.6 is 27.7 Å². The first-order chi connectivity index (χ1) is 14.6. The number of benzene rings is 1. The lowest BCUT2D eigenvalue weighted by Gasteiger charge is -2.33. The van der Waals surface area contributed by atoms with E-state index in [0.29, 0.717) is 51.8 Å². The number of aromatic nitrogens is 4. The largest absolute Gasteiger partial charge is 0.444 e. The lowest BCUT2D eigenvalue weighted by molar-refractivity contribution is 0.0185. The minimum atomic E-state index is -0.521. The molecule has 1 aromatic carbocycles. The smallest absolute Gasteiger partial charge is 0.410 e. The molecule has 0 radical (unpaired) electrons. The number of pyridine rings is 1. The Bertz CT molecular complexity index is 1170. The third-order valence-electron chi connectivity index (χ3n) is 5.38.